The molecule has 1 aliphatic carbocycles. The van der Waals surface area contributed by atoms with Crippen LogP contribution in [0.5, 0.6) is 0 Å². The van der Waals surface area contributed by atoms with E-state index in [-0.39, 0.29) is 23.8 Å². The van der Waals surface area contributed by atoms with Crippen molar-refractivity contribution < 1.29 is 13.2 Å². The molecule has 0 bridgehead atoms. The highest BCUT2D eigenvalue weighted by Gasteiger charge is 2.39. The number of nitrogens with zero attached hydrogens (tertiary/aromatic N) is 1. The minimum atomic E-state index is -3.69. The third-order valence-corrected chi connectivity index (χ3v) is 7.05. The number of allylic oxidation sites excluding steroid dienone is 3. The van der Waals surface area contributed by atoms with Crippen LogP contribution in [-0.2, 0) is 21.4 Å². The second-order valence-electron chi connectivity index (χ2n) is 6.02. The summed E-state index contributed by atoms with van der Waals surface area (Å²) in [7, 11) is -0.594. The molecule has 0 saturated heterocycles. The van der Waals surface area contributed by atoms with Crippen LogP contribution in [0, 0.1) is 5.41 Å². The lowest BCUT2D eigenvalue weighted by Crippen LogP contribution is -2.39. The van der Waals surface area contributed by atoms with E-state index in [4.69, 9.17) is 0 Å². The Balaban J connectivity index is 2.30. The molecule has 24 heavy (non-hydrogen) atoms. The summed E-state index contributed by atoms with van der Waals surface area (Å²) >= 11 is 3.32. The second-order valence-corrected chi connectivity index (χ2v) is 8.95. The highest BCUT2D eigenvalue weighted by Crippen LogP contribution is 2.39. The Morgan fingerprint density at radius 3 is 2.54 bits per heavy atom. The number of hydrogen-bond acceptors (Lipinski definition) is 3. The number of benzene rings is 1. The van der Waals surface area contributed by atoms with Crippen molar-refractivity contribution in [2.75, 3.05) is 14.1 Å². The molecule has 2 rings (SSSR count). The monoisotopic (exact) mass is 412 g/mol. The average molecular weight is 413 g/mol. The van der Waals surface area contributed by atoms with Gasteiger partial charge in [-0.25, -0.2) is 8.42 Å². The molecule has 1 aromatic rings. The van der Waals surface area contributed by atoms with Crippen LogP contribution in [0.15, 0.2) is 51.9 Å². The maximum Gasteiger partial charge on any atom is 0.240 e. The van der Waals surface area contributed by atoms with Crippen molar-refractivity contribution in [2.45, 2.75) is 19.9 Å². The van der Waals surface area contributed by atoms with Gasteiger partial charge in [0.2, 0.25) is 15.9 Å². The number of carbonyl (C=O) groups is 1. The van der Waals surface area contributed by atoms with Gasteiger partial charge in [-0.15, -0.1) is 0 Å². The van der Waals surface area contributed by atoms with Crippen LogP contribution in [0.25, 0.3) is 0 Å². The Hall–Kier alpha value is -1.44. The number of sulfonamides is 1. The van der Waals surface area contributed by atoms with Gasteiger partial charge in [0, 0.05) is 31.5 Å². The van der Waals surface area contributed by atoms with Crippen LogP contribution < -0.4 is 5.32 Å². The number of nitrogens with one attached hydrogen (secondary N) is 1. The predicted molar refractivity (Wildman–Crippen MR) is 98.7 cm³/mol. The third kappa shape index (κ3) is 3.79. The van der Waals surface area contributed by atoms with Gasteiger partial charge >= 0.3 is 0 Å². The van der Waals surface area contributed by atoms with Gasteiger partial charge < -0.3 is 5.32 Å². The smallest absolute Gasteiger partial charge is 0.240 e. The van der Waals surface area contributed by atoms with Gasteiger partial charge in [-0.1, -0.05) is 36.4 Å². The van der Waals surface area contributed by atoms with E-state index >= 15 is 0 Å². The molecule has 130 valence electrons. The van der Waals surface area contributed by atoms with Crippen LogP contribution >= 0.6 is 15.9 Å². The lowest BCUT2D eigenvalue weighted by atomic mass is 9.83. The predicted octanol–water partition coefficient (Wildman–Crippen LogP) is 2.77. The molecule has 1 aliphatic rings. The average Bonchev–Trinajstić information content (AvgIpc) is 2.57. The van der Waals surface area contributed by atoms with E-state index in [1.807, 2.05) is 30.3 Å². The second kappa shape index (κ2) is 7.21. The van der Waals surface area contributed by atoms with Gasteiger partial charge in [0.15, 0.2) is 0 Å². The van der Waals surface area contributed by atoms with Gasteiger partial charge in [0.05, 0.1) is 10.3 Å². The van der Waals surface area contributed by atoms with Crippen LogP contribution in [0.2, 0.25) is 0 Å². The Bertz CT molecular complexity index is 787. The summed E-state index contributed by atoms with van der Waals surface area (Å²) in [6.45, 7) is 2.00. The van der Waals surface area contributed by atoms with Gasteiger partial charge in [0.25, 0.3) is 0 Å². The number of hydrogen-bond donors (Lipinski definition) is 1. The van der Waals surface area contributed by atoms with Crippen molar-refractivity contribution in [2.24, 2.45) is 5.41 Å². The van der Waals surface area contributed by atoms with Gasteiger partial charge in [-0.3, -0.25) is 4.79 Å². The molecule has 7 heteroatoms. The first-order valence-corrected chi connectivity index (χ1v) is 9.74. The Kier molecular flexibility index (Phi) is 5.67. The molecule has 5 nitrogen and oxygen atoms in total. The first kappa shape index (κ1) is 18.9. The van der Waals surface area contributed by atoms with Crippen LogP contribution in [0.3, 0.4) is 0 Å². The molecule has 0 radical (unpaired) electrons. The van der Waals surface area contributed by atoms with Crippen molar-refractivity contribution in [1.29, 1.82) is 0 Å². The van der Waals surface area contributed by atoms with Gasteiger partial charge in [0.1, 0.15) is 0 Å². The zero-order valence-corrected chi connectivity index (χ0v) is 16.3. The van der Waals surface area contributed by atoms with Crippen LogP contribution in [0.4, 0.5) is 0 Å². The lowest BCUT2D eigenvalue weighted by molar-refractivity contribution is -0.127. The van der Waals surface area contributed by atoms with Crippen LogP contribution in [0.1, 0.15) is 18.9 Å². The van der Waals surface area contributed by atoms with Crippen molar-refractivity contribution in [3.8, 4) is 0 Å². The number of rotatable bonds is 5. The molecular formula is C17H21BrN2O3S. The Labute approximate surface area is 151 Å². The summed E-state index contributed by atoms with van der Waals surface area (Å²) < 4.78 is 27.7. The molecule has 1 unspecified atom stereocenters. The summed E-state index contributed by atoms with van der Waals surface area (Å²) in [4.78, 5) is 12.3. The van der Waals surface area contributed by atoms with E-state index in [1.54, 1.807) is 33.2 Å². The molecule has 1 atom stereocenters. The number of carbonyl (C=O) groups excluding carboxylic acids is 1. The molecule has 0 aliphatic heterocycles. The van der Waals surface area contributed by atoms with Crippen molar-refractivity contribution >= 4 is 31.9 Å². The molecule has 1 aromatic carbocycles. The zero-order chi connectivity index (χ0) is 18.0. The number of halogens is 1. The lowest BCUT2D eigenvalue weighted by Gasteiger charge is -2.30. The summed E-state index contributed by atoms with van der Waals surface area (Å²) in [5, 5.41) is 2.59. The van der Waals surface area contributed by atoms with Crippen molar-refractivity contribution in [1.82, 2.24) is 9.62 Å². The topological polar surface area (TPSA) is 66.5 Å². The molecular weight excluding hydrogens is 392 g/mol. The minimum absolute atomic E-state index is 0.116. The largest absolute Gasteiger partial charge is 0.358 e. The molecule has 1 amide bonds. The maximum absolute atomic E-state index is 13.0. The van der Waals surface area contributed by atoms with E-state index < -0.39 is 15.4 Å². The van der Waals surface area contributed by atoms with Gasteiger partial charge in [-0.05, 0) is 34.5 Å². The summed E-state index contributed by atoms with van der Waals surface area (Å²) in [6.07, 6.45) is 3.49. The standard InChI is InChI=1S/C17H21BrN2O3S/c1-17(16(21)19-2)10-9-14(18)15(11-17)24(22,23)20(3)12-13-7-5-4-6-8-13/h4-10H,11-12H2,1-3H3,(H,19,21). The fourth-order valence-corrected chi connectivity index (χ4v) is 4.97. The fourth-order valence-electron chi connectivity index (χ4n) is 2.60. The van der Waals surface area contributed by atoms with Crippen molar-refractivity contribution in [3.63, 3.8) is 0 Å². The summed E-state index contributed by atoms with van der Waals surface area (Å²) in [5.74, 6) is -0.211. The Morgan fingerprint density at radius 2 is 1.96 bits per heavy atom. The first-order valence-electron chi connectivity index (χ1n) is 7.51. The van der Waals surface area contributed by atoms with Crippen LogP contribution in [-0.4, -0.2) is 32.7 Å². The first-order chi connectivity index (χ1) is 11.2. The van der Waals surface area contributed by atoms with Gasteiger partial charge in [-0.2, -0.15) is 4.31 Å². The summed E-state index contributed by atoms with van der Waals surface area (Å²) in [6, 6.07) is 9.39. The highest BCUT2D eigenvalue weighted by molar-refractivity contribution is 9.12. The van der Waals surface area contributed by atoms with E-state index in [1.165, 1.54) is 4.31 Å². The number of amides is 1. The molecule has 0 heterocycles. The SMILES string of the molecule is CNC(=O)C1(C)C=CC(Br)=C(S(=O)(=O)N(C)Cc2ccccc2)C1. The highest BCUT2D eigenvalue weighted by atomic mass is 79.9. The van der Waals surface area contributed by atoms with E-state index in [9.17, 15) is 13.2 Å². The molecule has 0 fully saturated rings. The third-order valence-electron chi connectivity index (χ3n) is 4.11. The van der Waals surface area contributed by atoms with Crippen molar-refractivity contribution in [3.05, 3.63) is 57.4 Å². The quantitative estimate of drug-likeness (QED) is 0.808. The Morgan fingerprint density at radius 1 is 1.33 bits per heavy atom. The minimum Gasteiger partial charge on any atom is -0.358 e. The molecule has 0 aromatic heterocycles. The maximum atomic E-state index is 13.0. The fraction of sp³-hybridized carbons (Fsp3) is 0.353. The molecule has 0 spiro atoms. The summed E-state index contributed by atoms with van der Waals surface area (Å²) in [5.41, 5.74) is 0.0165. The van der Waals surface area contributed by atoms with E-state index in [2.05, 4.69) is 21.2 Å². The van der Waals surface area contributed by atoms with E-state index in [0.717, 1.165) is 5.56 Å². The molecule has 1 N–H and O–H groups in total. The normalized spacial score (nSPS) is 21.2. The zero-order valence-electron chi connectivity index (χ0n) is 13.9. The molecule has 0 saturated carbocycles. The van der Waals surface area contributed by atoms with E-state index in [0.29, 0.717) is 4.48 Å².